The fraction of sp³-hybridized carbons (Fsp3) is 0.0833. The Balaban J connectivity index is 2.28. The number of aromatic nitrogens is 2. The molecule has 0 atom stereocenters. The van der Waals surface area contributed by atoms with E-state index in [9.17, 15) is 0 Å². The van der Waals surface area contributed by atoms with Crippen molar-refractivity contribution in [2.75, 3.05) is 5.73 Å². The van der Waals surface area contributed by atoms with Gasteiger partial charge in [0, 0.05) is 35.8 Å². The van der Waals surface area contributed by atoms with Gasteiger partial charge in [0.05, 0.1) is 5.02 Å². The number of nitrogens with two attached hydrogens (primary N) is 1. The van der Waals surface area contributed by atoms with Gasteiger partial charge < -0.3 is 14.8 Å². The standard InChI is InChI=1S/C12H10ClN3O/c1-16-5-4-7-9(16)3-2-8(12(7)13)10-6-11(14)15-17-10/h2-6H,1H3,(H2,14,15). The minimum absolute atomic E-state index is 0.351. The molecule has 0 saturated heterocycles. The summed E-state index contributed by atoms with van der Waals surface area (Å²) in [4.78, 5) is 0. The number of hydrogen-bond donors (Lipinski definition) is 1. The van der Waals surface area contributed by atoms with Crippen LogP contribution in [-0.4, -0.2) is 9.72 Å². The normalized spacial score (nSPS) is 11.2. The summed E-state index contributed by atoms with van der Waals surface area (Å²) in [6.45, 7) is 0. The second kappa shape index (κ2) is 3.53. The van der Waals surface area contributed by atoms with E-state index < -0.39 is 0 Å². The lowest BCUT2D eigenvalue weighted by molar-refractivity contribution is 0.436. The lowest BCUT2D eigenvalue weighted by Crippen LogP contribution is -1.85. The van der Waals surface area contributed by atoms with Crippen LogP contribution in [-0.2, 0) is 7.05 Å². The van der Waals surface area contributed by atoms with Crippen LogP contribution >= 0.6 is 11.6 Å². The molecule has 4 nitrogen and oxygen atoms in total. The van der Waals surface area contributed by atoms with Crippen molar-refractivity contribution in [1.82, 2.24) is 9.72 Å². The molecule has 2 N–H and O–H groups in total. The Labute approximate surface area is 103 Å². The van der Waals surface area contributed by atoms with Crippen LogP contribution in [0.5, 0.6) is 0 Å². The maximum Gasteiger partial charge on any atom is 0.170 e. The Morgan fingerprint density at radius 1 is 1.35 bits per heavy atom. The van der Waals surface area contributed by atoms with Gasteiger partial charge in [-0.3, -0.25) is 0 Å². The van der Waals surface area contributed by atoms with Gasteiger partial charge in [0.1, 0.15) is 0 Å². The van der Waals surface area contributed by atoms with Crippen molar-refractivity contribution >= 4 is 28.3 Å². The fourth-order valence-corrected chi connectivity index (χ4v) is 2.24. The molecule has 0 spiro atoms. The number of hydrogen-bond acceptors (Lipinski definition) is 3. The molecule has 17 heavy (non-hydrogen) atoms. The predicted octanol–water partition coefficient (Wildman–Crippen LogP) is 3.07. The zero-order valence-electron chi connectivity index (χ0n) is 9.14. The lowest BCUT2D eigenvalue weighted by Gasteiger charge is -2.02. The van der Waals surface area contributed by atoms with E-state index in [0.717, 1.165) is 16.5 Å². The Morgan fingerprint density at radius 2 is 2.18 bits per heavy atom. The molecule has 3 aromatic rings. The average Bonchev–Trinajstić information content (AvgIpc) is 2.87. The van der Waals surface area contributed by atoms with Crippen molar-refractivity contribution in [1.29, 1.82) is 0 Å². The number of nitrogens with zero attached hydrogens (tertiary/aromatic N) is 2. The van der Waals surface area contributed by atoms with Crippen molar-refractivity contribution in [3.05, 3.63) is 35.5 Å². The van der Waals surface area contributed by atoms with Crippen molar-refractivity contribution in [3.8, 4) is 11.3 Å². The summed E-state index contributed by atoms with van der Waals surface area (Å²) in [7, 11) is 1.98. The van der Waals surface area contributed by atoms with Gasteiger partial charge in [-0.05, 0) is 18.2 Å². The van der Waals surface area contributed by atoms with Crippen LogP contribution in [0.25, 0.3) is 22.2 Å². The fourth-order valence-electron chi connectivity index (χ4n) is 1.92. The first-order valence-corrected chi connectivity index (χ1v) is 5.50. The Morgan fingerprint density at radius 3 is 2.88 bits per heavy atom. The molecule has 0 saturated carbocycles. The van der Waals surface area contributed by atoms with Crippen LogP contribution in [0.4, 0.5) is 5.82 Å². The maximum absolute atomic E-state index is 6.36. The summed E-state index contributed by atoms with van der Waals surface area (Å²) >= 11 is 6.36. The zero-order valence-corrected chi connectivity index (χ0v) is 9.90. The number of rotatable bonds is 1. The second-order valence-corrected chi connectivity index (χ2v) is 4.28. The van der Waals surface area contributed by atoms with Gasteiger partial charge in [0.15, 0.2) is 11.6 Å². The van der Waals surface area contributed by atoms with E-state index in [1.807, 2.05) is 36.0 Å². The monoisotopic (exact) mass is 247 g/mol. The van der Waals surface area contributed by atoms with Crippen molar-refractivity contribution in [2.45, 2.75) is 0 Å². The van der Waals surface area contributed by atoms with E-state index in [-0.39, 0.29) is 0 Å². The van der Waals surface area contributed by atoms with Crippen LogP contribution < -0.4 is 5.73 Å². The van der Waals surface area contributed by atoms with Crippen LogP contribution in [0.2, 0.25) is 5.02 Å². The number of halogens is 1. The summed E-state index contributed by atoms with van der Waals surface area (Å²) in [5, 5.41) is 5.30. The molecule has 5 heteroatoms. The van der Waals surface area contributed by atoms with Crippen LogP contribution in [0.1, 0.15) is 0 Å². The number of benzene rings is 1. The average molecular weight is 248 g/mol. The molecule has 0 fully saturated rings. The molecule has 0 unspecified atom stereocenters. The number of aryl methyl sites for hydroxylation is 1. The first kappa shape index (κ1) is 10.2. The molecule has 86 valence electrons. The molecule has 0 amide bonds. The van der Waals surface area contributed by atoms with Crippen LogP contribution in [0, 0.1) is 0 Å². The summed E-state index contributed by atoms with van der Waals surface area (Å²) in [5.74, 6) is 0.933. The minimum Gasteiger partial charge on any atom is -0.381 e. The Kier molecular flexibility index (Phi) is 2.12. The molecule has 2 aromatic heterocycles. The van der Waals surface area contributed by atoms with Gasteiger partial charge in [0.2, 0.25) is 0 Å². The highest BCUT2D eigenvalue weighted by Gasteiger charge is 2.13. The predicted molar refractivity (Wildman–Crippen MR) is 67.8 cm³/mol. The third kappa shape index (κ3) is 1.49. The van der Waals surface area contributed by atoms with E-state index in [0.29, 0.717) is 16.6 Å². The van der Waals surface area contributed by atoms with Gasteiger partial charge in [-0.2, -0.15) is 0 Å². The van der Waals surface area contributed by atoms with Gasteiger partial charge in [-0.15, -0.1) is 0 Å². The highest BCUT2D eigenvalue weighted by atomic mass is 35.5. The zero-order chi connectivity index (χ0) is 12.0. The Bertz CT molecular complexity index is 699. The highest BCUT2D eigenvalue weighted by molar-refractivity contribution is 6.38. The number of fused-ring (bicyclic) bond motifs is 1. The molecular weight excluding hydrogens is 238 g/mol. The minimum atomic E-state index is 0.351. The smallest absolute Gasteiger partial charge is 0.170 e. The van der Waals surface area contributed by atoms with Gasteiger partial charge >= 0.3 is 0 Å². The maximum atomic E-state index is 6.36. The van der Waals surface area contributed by atoms with Crippen LogP contribution in [0.15, 0.2) is 35.0 Å². The number of nitrogen functional groups attached to an aromatic ring is 1. The van der Waals surface area contributed by atoms with E-state index in [1.54, 1.807) is 6.07 Å². The second-order valence-electron chi connectivity index (χ2n) is 3.90. The summed E-state index contributed by atoms with van der Waals surface area (Å²) in [6.07, 6.45) is 1.97. The van der Waals surface area contributed by atoms with Crippen LogP contribution in [0.3, 0.4) is 0 Å². The molecule has 2 heterocycles. The van der Waals surface area contributed by atoms with E-state index in [2.05, 4.69) is 5.16 Å². The topological polar surface area (TPSA) is 57.0 Å². The molecule has 0 bridgehead atoms. The summed E-state index contributed by atoms with van der Waals surface area (Å²) < 4.78 is 7.13. The first-order chi connectivity index (χ1) is 8.16. The summed E-state index contributed by atoms with van der Waals surface area (Å²) in [5.41, 5.74) is 7.41. The van der Waals surface area contributed by atoms with E-state index in [4.69, 9.17) is 21.9 Å². The van der Waals surface area contributed by atoms with Crippen molar-refractivity contribution in [3.63, 3.8) is 0 Å². The summed E-state index contributed by atoms with van der Waals surface area (Å²) in [6, 6.07) is 7.54. The third-order valence-electron chi connectivity index (χ3n) is 2.80. The van der Waals surface area contributed by atoms with Crippen molar-refractivity contribution in [2.24, 2.45) is 7.05 Å². The Hall–Kier alpha value is -1.94. The number of anilines is 1. The SMILES string of the molecule is Cn1ccc2c(Cl)c(-c3cc(N)no3)ccc21. The third-order valence-corrected chi connectivity index (χ3v) is 3.20. The molecule has 0 aliphatic carbocycles. The van der Waals surface area contributed by atoms with Gasteiger partial charge in [-0.25, -0.2) is 0 Å². The lowest BCUT2D eigenvalue weighted by atomic mass is 10.1. The van der Waals surface area contributed by atoms with Crippen molar-refractivity contribution < 1.29 is 4.52 Å². The van der Waals surface area contributed by atoms with Gasteiger partial charge in [-0.1, -0.05) is 16.8 Å². The highest BCUT2D eigenvalue weighted by Crippen LogP contribution is 2.35. The van der Waals surface area contributed by atoms with E-state index in [1.165, 1.54) is 0 Å². The molecule has 0 aliphatic rings. The van der Waals surface area contributed by atoms with Gasteiger partial charge in [0.25, 0.3) is 0 Å². The quantitative estimate of drug-likeness (QED) is 0.719. The molecule has 0 aliphatic heterocycles. The largest absolute Gasteiger partial charge is 0.381 e. The molecular formula is C12H10ClN3O. The molecule has 3 rings (SSSR count). The van der Waals surface area contributed by atoms with E-state index >= 15 is 0 Å². The first-order valence-electron chi connectivity index (χ1n) is 5.13. The molecule has 0 radical (unpaired) electrons. The molecule has 1 aromatic carbocycles.